The first-order chi connectivity index (χ1) is 15.5. The van der Waals surface area contributed by atoms with E-state index in [9.17, 15) is 13.6 Å². The zero-order valence-corrected chi connectivity index (χ0v) is 18.1. The summed E-state index contributed by atoms with van der Waals surface area (Å²) in [6.07, 6.45) is 0. The molecule has 0 aliphatic heterocycles. The van der Waals surface area contributed by atoms with Gasteiger partial charge >= 0.3 is 0 Å². The molecule has 0 aliphatic carbocycles. The smallest absolute Gasteiger partial charge is 0.251 e. The van der Waals surface area contributed by atoms with E-state index in [0.717, 1.165) is 16.8 Å². The molecular weight excluding hydrogens is 430 g/mol. The van der Waals surface area contributed by atoms with Crippen molar-refractivity contribution >= 4 is 17.7 Å². The molecule has 0 fully saturated rings. The molecular formula is C24H20F2N4OS. The number of rotatable bonds is 7. The first kappa shape index (κ1) is 21.7. The van der Waals surface area contributed by atoms with Crippen molar-refractivity contribution in [3.05, 3.63) is 107 Å². The van der Waals surface area contributed by atoms with Gasteiger partial charge in [-0.05, 0) is 66.6 Å². The van der Waals surface area contributed by atoms with Crippen molar-refractivity contribution < 1.29 is 13.6 Å². The Bertz CT molecular complexity index is 1210. The maximum absolute atomic E-state index is 13.2. The molecule has 0 bridgehead atoms. The Morgan fingerprint density at radius 3 is 2.12 bits per heavy atom. The van der Waals surface area contributed by atoms with Crippen molar-refractivity contribution in [2.45, 2.75) is 24.4 Å². The van der Waals surface area contributed by atoms with E-state index in [1.165, 1.54) is 36.0 Å². The van der Waals surface area contributed by atoms with Gasteiger partial charge in [-0.2, -0.15) is 0 Å². The second-order valence-corrected chi connectivity index (χ2v) is 8.08. The lowest BCUT2D eigenvalue weighted by atomic mass is 10.1. The third-order valence-electron chi connectivity index (χ3n) is 4.83. The van der Waals surface area contributed by atoms with Crippen LogP contribution in [0.1, 0.15) is 27.3 Å². The largest absolute Gasteiger partial charge is 0.348 e. The lowest BCUT2D eigenvalue weighted by molar-refractivity contribution is 0.0951. The molecule has 1 heterocycles. The lowest BCUT2D eigenvalue weighted by Gasteiger charge is -2.09. The molecule has 0 unspecified atom stereocenters. The average molecular weight is 451 g/mol. The van der Waals surface area contributed by atoms with E-state index < -0.39 is 0 Å². The van der Waals surface area contributed by atoms with E-state index in [1.807, 2.05) is 23.6 Å². The van der Waals surface area contributed by atoms with Crippen LogP contribution in [0.3, 0.4) is 0 Å². The quantitative estimate of drug-likeness (QED) is 0.399. The molecule has 3 aromatic carbocycles. The zero-order valence-electron chi connectivity index (χ0n) is 17.3. The van der Waals surface area contributed by atoms with E-state index in [-0.39, 0.29) is 17.5 Å². The normalized spacial score (nSPS) is 10.8. The standard InChI is InChI=1S/C24H20F2N4OS/c1-16-28-29-24(30(16)22-12-10-21(26)11-13-22)32-15-18-2-6-19(7-3-18)23(31)27-14-17-4-8-20(25)9-5-17/h2-13H,14-15H2,1H3,(H,27,31). The molecule has 0 radical (unpaired) electrons. The van der Waals surface area contributed by atoms with Gasteiger partial charge < -0.3 is 5.32 Å². The van der Waals surface area contributed by atoms with E-state index in [2.05, 4.69) is 15.5 Å². The minimum atomic E-state index is -0.306. The number of aromatic nitrogens is 3. The highest BCUT2D eigenvalue weighted by molar-refractivity contribution is 7.98. The number of carbonyl (C=O) groups excluding carboxylic acids is 1. The van der Waals surface area contributed by atoms with Crippen molar-refractivity contribution in [2.75, 3.05) is 0 Å². The first-order valence-electron chi connectivity index (χ1n) is 9.92. The molecule has 0 saturated carbocycles. The fraction of sp³-hybridized carbons (Fsp3) is 0.125. The lowest BCUT2D eigenvalue weighted by Crippen LogP contribution is -2.22. The maximum atomic E-state index is 13.2. The topological polar surface area (TPSA) is 59.8 Å². The minimum Gasteiger partial charge on any atom is -0.348 e. The van der Waals surface area contributed by atoms with Crippen LogP contribution in [-0.2, 0) is 12.3 Å². The van der Waals surface area contributed by atoms with E-state index in [1.54, 1.807) is 36.4 Å². The number of nitrogens with one attached hydrogen (secondary N) is 1. The molecule has 1 amide bonds. The summed E-state index contributed by atoms with van der Waals surface area (Å²) in [6, 6.07) is 19.5. The average Bonchev–Trinajstić information content (AvgIpc) is 3.18. The predicted octanol–water partition coefficient (Wildman–Crippen LogP) is 5.08. The van der Waals surface area contributed by atoms with Crippen molar-refractivity contribution in [2.24, 2.45) is 0 Å². The van der Waals surface area contributed by atoms with Gasteiger partial charge in [0, 0.05) is 23.5 Å². The molecule has 0 saturated heterocycles. The van der Waals surface area contributed by atoms with E-state index in [4.69, 9.17) is 0 Å². The van der Waals surface area contributed by atoms with E-state index in [0.29, 0.717) is 28.8 Å². The number of benzene rings is 3. The monoisotopic (exact) mass is 450 g/mol. The minimum absolute atomic E-state index is 0.194. The molecule has 4 aromatic rings. The molecule has 5 nitrogen and oxygen atoms in total. The Labute approximate surface area is 188 Å². The highest BCUT2D eigenvalue weighted by atomic mass is 32.2. The van der Waals surface area contributed by atoms with Gasteiger partial charge in [0.25, 0.3) is 5.91 Å². The van der Waals surface area contributed by atoms with Crippen LogP contribution in [0.5, 0.6) is 0 Å². The summed E-state index contributed by atoms with van der Waals surface area (Å²) in [4.78, 5) is 12.4. The SMILES string of the molecule is Cc1nnc(SCc2ccc(C(=O)NCc3ccc(F)cc3)cc2)n1-c1ccc(F)cc1. The van der Waals surface area contributed by atoms with Crippen LogP contribution in [-0.4, -0.2) is 20.7 Å². The zero-order chi connectivity index (χ0) is 22.5. The Morgan fingerprint density at radius 2 is 1.47 bits per heavy atom. The summed E-state index contributed by atoms with van der Waals surface area (Å²) in [7, 11) is 0. The van der Waals surface area contributed by atoms with Crippen molar-refractivity contribution in [1.29, 1.82) is 0 Å². The van der Waals surface area contributed by atoms with Crippen molar-refractivity contribution in [3.63, 3.8) is 0 Å². The molecule has 4 rings (SSSR count). The van der Waals surface area contributed by atoms with Crippen LogP contribution in [0.25, 0.3) is 5.69 Å². The third-order valence-corrected chi connectivity index (χ3v) is 5.83. The number of nitrogens with zero attached hydrogens (tertiary/aromatic N) is 3. The Morgan fingerprint density at radius 1 is 0.875 bits per heavy atom. The van der Waals surface area contributed by atoms with Crippen molar-refractivity contribution in [3.8, 4) is 5.69 Å². The third kappa shape index (κ3) is 5.20. The summed E-state index contributed by atoms with van der Waals surface area (Å²) in [6.45, 7) is 2.18. The molecule has 0 aliphatic rings. The summed E-state index contributed by atoms with van der Waals surface area (Å²) in [5.41, 5.74) is 3.19. The number of thioether (sulfide) groups is 1. The molecule has 0 atom stereocenters. The Balaban J connectivity index is 1.37. The van der Waals surface area contributed by atoms with Gasteiger partial charge in [0.2, 0.25) is 0 Å². The first-order valence-corrected chi connectivity index (χ1v) is 10.9. The molecule has 0 spiro atoms. The molecule has 8 heteroatoms. The van der Waals surface area contributed by atoms with Crippen LogP contribution in [0.4, 0.5) is 8.78 Å². The predicted molar refractivity (Wildman–Crippen MR) is 120 cm³/mol. The summed E-state index contributed by atoms with van der Waals surface area (Å²) in [5, 5.41) is 11.9. The number of carbonyl (C=O) groups is 1. The van der Waals surface area contributed by atoms with Crippen molar-refractivity contribution in [1.82, 2.24) is 20.1 Å². The highest BCUT2D eigenvalue weighted by Gasteiger charge is 2.12. The summed E-state index contributed by atoms with van der Waals surface area (Å²) in [5.74, 6) is 0.555. The second kappa shape index (κ2) is 9.74. The van der Waals surface area contributed by atoms with Gasteiger partial charge in [0.05, 0.1) is 0 Å². The highest BCUT2D eigenvalue weighted by Crippen LogP contribution is 2.25. The summed E-state index contributed by atoms with van der Waals surface area (Å²) < 4.78 is 28.1. The van der Waals surface area contributed by atoms with Crippen LogP contribution in [0, 0.1) is 18.6 Å². The van der Waals surface area contributed by atoms with Gasteiger partial charge in [0.15, 0.2) is 5.16 Å². The number of hydrogen-bond donors (Lipinski definition) is 1. The fourth-order valence-corrected chi connectivity index (χ4v) is 4.06. The maximum Gasteiger partial charge on any atom is 0.251 e. The van der Waals surface area contributed by atoms with Gasteiger partial charge in [-0.1, -0.05) is 36.0 Å². The molecule has 1 aromatic heterocycles. The Kier molecular flexibility index (Phi) is 6.61. The van der Waals surface area contributed by atoms with Gasteiger partial charge in [-0.3, -0.25) is 9.36 Å². The second-order valence-electron chi connectivity index (χ2n) is 7.14. The molecule has 1 N–H and O–H groups in total. The van der Waals surface area contributed by atoms with Crippen LogP contribution in [0.2, 0.25) is 0 Å². The molecule has 32 heavy (non-hydrogen) atoms. The number of halogens is 2. The fourth-order valence-electron chi connectivity index (χ4n) is 3.11. The van der Waals surface area contributed by atoms with Gasteiger partial charge in [0.1, 0.15) is 17.5 Å². The molecule has 162 valence electrons. The Hall–Kier alpha value is -3.52. The number of amides is 1. The van der Waals surface area contributed by atoms with Gasteiger partial charge in [-0.15, -0.1) is 10.2 Å². The van der Waals surface area contributed by atoms with E-state index >= 15 is 0 Å². The van der Waals surface area contributed by atoms with Crippen LogP contribution >= 0.6 is 11.8 Å². The van der Waals surface area contributed by atoms with Crippen LogP contribution < -0.4 is 5.32 Å². The summed E-state index contributed by atoms with van der Waals surface area (Å²) >= 11 is 1.51. The number of aryl methyl sites for hydroxylation is 1. The number of hydrogen-bond acceptors (Lipinski definition) is 4. The van der Waals surface area contributed by atoms with Crippen LogP contribution in [0.15, 0.2) is 78.0 Å². The van der Waals surface area contributed by atoms with Gasteiger partial charge in [-0.25, -0.2) is 8.78 Å².